The van der Waals surface area contributed by atoms with E-state index < -0.39 is 43.9 Å². The molecule has 0 aromatic heterocycles. The Morgan fingerprint density at radius 1 is 0.706 bits per heavy atom. The molecule has 0 spiro atoms. The van der Waals surface area contributed by atoms with Crippen LogP contribution in [0.15, 0.2) is 54.6 Å². The second-order valence-corrected chi connectivity index (χ2v) is 26.7. The Hall–Kier alpha value is 0.509. The number of hydrogen-bond acceptors (Lipinski definition) is 0. The van der Waals surface area contributed by atoms with Crippen LogP contribution in [0, 0.1) is 46.0 Å². The molecule has 0 saturated heterocycles. The van der Waals surface area contributed by atoms with Gasteiger partial charge in [0.15, 0.2) is 0 Å². The Morgan fingerprint density at radius 3 is 1.59 bits per heavy atom. The number of fused-ring (bicyclic) bond motifs is 1. The first-order valence-electron chi connectivity index (χ1n) is 12.5. The zero-order chi connectivity index (χ0) is 25.0. The van der Waals surface area contributed by atoms with Gasteiger partial charge in [-0.2, -0.15) is 5.56 Å². The van der Waals surface area contributed by atoms with Crippen LogP contribution >= 0.6 is 0 Å². The van der Waals surface area contributed by atoms with E-state index in [1.807, 2.05) is 0 Å². The Bertz CT molecular complexity index is 801. The van der Waals surface area contributed by atoms with Crippen LogP contribution in [0.25, 0.3) is 15.4 Å². The number of hydrogen-bond donors (Lipinski definition) is 0. The van der Waals surface area contributed by atoms with Gasteiger partial charge in [-0.15, -0.1) is 11.6 Å². The first-order chi connectivity index (χ1) is 15.4. The van der Waals surface area contributed by atoms with Crippen molar-refractivity contribution in [1.82, 2.24) is 0 Å². The molecule has 0 amide bonds. The molecule has 0 aliphatic heterocycles. The molecule has 1 aliphatic carbocycles. The number of benzene rings is 2. The van der Waals surface area contributed by atoms with Gasteiger partial charge >= 0.3 is 39.9 Å². The van der Waals surface area contributed by atoms with Crippen molar-refractivity contribution in [3.8, 4) is 0 Å². The van der Waals surface area contributed by atoms with Crippen LogP contribution in [-0.4, -0.2) is 43.9 Å². The van der Waals surface area contributed by atoms with Crippen molar-refractivity contribution in [1.29, 1.82) is 0 Å². The molecule has 0 N–H and O–H groups in total. The van der Waals surface area contributed by atoms with Crippen molar-refractivity contribution < 1.29 is 39.9 Å². The number of nitrogens with zero attached hydrogens (tertiary/aromatic N) is 2. The minimum atomic E-state index is -1.40. The molecular weight excluding hydrogens is 638 g/mol. The fourth-order valence-corrected chi connectivity index (χ4v) is 16.9. The van der Waals surface area contributed by atoms with Crippen molar-refractivity contribution in [3.05, 3.63) is 86.7 Å². The summed E-state index contributed by atoms with van der Waals surface area (Å²) in [6.45, 7) is 23.1. The van der Waals surface area contributed by atoms with E-state index in [4.69, 9.17) is 0 Å². The summed E-state index contributed by atoms with van der Waals surface area (Å²) in [4.78, 5) is 0. The van der Waals surface area contributed by atoms with E-state index in [2.05, 4.69) is 142 Å². The Kier molecular flexibility index (Phi) is 18.1. The molecule has 2 nitrogen and oxygen atoms in total. The molecule has 8 heteroatoms. The van der Waals surface area contributed by atoms with Crippen LogP contribution in [0.2, 0.25) is 65.5 Å². The van der Waals surface area contributed by atoms with Crippen LogP contribution in [0.1, 0.15) is 22.2 Å². The predicted octanol–water partition coefficient (Wildman–Crippen LogP) is 7.28. The largest absolute Gasteiger partial charge is 3.00 e. The van der Waals surface area contributed by atoms with Gasteiger partial charge < -0.3 is 9.30 Å². The zero-order valence-corrected chi connectivity index (χ0v) is 31.0. The molecule has 0 fully saturated rings. The molecule has 0 bridgehead atoms. The van der Waals surface area contributed by atoms with Gasteiger partial charge in [0.2, 0.25) is 0 Å². The second kappa shape index (κ2) is 17.9. The molecule has 1 aliphatic rings. The molecule has 0 heterocycles. The van der Waals surface area contributed by atoms with E-state index in [1.165, 1.54) is 22.7 Å². The molecule has 189 valence electrons. The van der Waals surface area contributed by atoms with E-state index in [0.717, 1.165) is 0 Å². The molecule has 2 aromatic carbocycles. The van der Waals surface area contributed by atoms with Crippen molar-refractivity contribution >= 4 is 50.0 Å². The van der Waals surface area contributed by atoms with Crippen molar-refractivity contribution in [2.75, 3.05) is 0 Å². The maximum atomic E-state index is 4.56. The summed E-state index contributed by atoms with van der Waals surface area (Å²) >= 11 is 0. The third-order valence-corrected chi connectivity index (χ3v) is 18.1. The molecule has 1 unspecified atom stereocenters. The van der Waals surface area contributed by atoms with Crippen molar-refractivity contribution in [2.45, 2.75) is 77.1 Å². The standard InChI is InChI=1S/C18H19Si.2C4H14NSi2.Gd/c1-19(2,14-15-8-4-3-5-9-15)18-13-12-16-10-6-7-11-17(16)18;2*1-6(2)5-7(3)4;/h3-12,18H,14H2,1-2H3;2*6-7H,1-4H3;/q3*-1;+3. The summed E-state index contributed by atoms with van der Waals surface area (Å²) < 4.78 is 9.11. The summed E-state index contributed by atoms with van der Waals surface area (Å²) in [6.07, 6.45) is 5.80. The SMILES string of the molecule is C[SiH](C)[N-][SiH](C)C.C[SiH](C)[N-][SiH](C)C.C[Si](C)(Cc1ccccc1)C1[C-]=Cc2ccccc21.[Gd+3]. The molecule has 0 saturated carbocycles. The van der Waals surface area contributed by atoms with Crippen LogP contribution in [0.5, 0.6) is 0 Å². The van der Waals surface area contributed by atoms with E-state index in [1.54, 1.807) is 0 Å². The Morgan fingerprint density at radius 2 is 1.15 bits per heavy atom. The first-order valence-corrected chi connectivity index (χ1v) is 27.1. The van der Waals surface area contributed by atoms with E-state index in [-0.39, 0.29) is 39.9 Å². The summed E-state index contributed by atoms with van der Waals surface area (Å²) in [6, 6.07) is 20.8. The Balaban J connectivity index is 0.000000609. The molecule has 1 atom stereocenters. The fourth-order valence-electron chi connectivity index (χ4n) is 4.23. The van der Waals surface area contributed by atoms with Crippen molar-refractivity contribution in [3.63, 3.8) is 0 Å². The van der Waals surface area contributed by atoms with Gasteiger partial charge in [-0.25, -0.2) is 6.08 Å². The van der Waals surface area contributed by atoms with Crippen LogP contribution in [-0.2, 0) is 6.04 Å². The van der Waals surface area contributed by atoms with Gasteiger partial charge in [-0.1, -0.05) is 161 Å². The Labute approximate surface area is 251 Å². The predicted molar refractivity (Wildman–Crippen MR) is 167 cm³/mol. The monoisotopic (exact) mass is 685 g/mol. The quantitative estimate of drug-likeness (QED) is 0.217. The molecule has 1 radical (unpaired) electrons. The van der Waals surface area contributed by atoms with E-state index in [9.17, 15) is 0 Å². The maximum Gasteiger partial charge on any atom is 3.00 e. The van der Waals surface area contributed by atoms with Crippen LogP contribution < -0.4 is 0 Å². The first kappa shape index (κ1) is 34.5. The van der Waals surface area contributed by atoms with Crippen molar-refractivity contribution in [2.24, 2.45) is 0 Å². The normalized spacial score (nSPS) is 14.4. The second-order valence-electron chi connectivity index (χ2n) is 10.7. The van der Waals surface area contributed by atoms with Crippen LogP contribution in [0.3, 0.4) is 0 Å². The van der Waals surface area contributed by atoms with Gasteiger partial charge in [0.25, 0.3) is 0 Å². The summed E-state index contributed by atoms with van der Waals surface area (Å²) in [5, 5.41) is 0. The third kappa shape index (κ3) is 14.3. The van der Waals surface area contributed by atoms with Gasteiger partial charge in [-0.05, 0) is 6.04 Å². The summed E-state index contributed by atoms with van der Waals surface area (Å²) in [7, 11) is -3.57. The average molecular weight is 685 g/mol. The summed E-state index contributed by atoms with van der Waals surface area (Å²) in [5.41, 5.74) is 4.84. The number of allylic oxidation sites excluding steroid dienone is 1. The van der Waals surface area contributed by atoms with Crippen LogP contribution in [0.4, 0.5) is 0 Å². The maximum absolute atomic E-state index is 4.56. The minimum Gasteiger partial charge on any atom is -0.672 e. The topological polar surface area (TPSA) is 28.2 Å². The average Bonchev–Trinajstić information content (AvgIpc) is 3.12. The minimum absolute atomic E-state index is 0. The summed E-state index contributed by atoms with van der Waals surface area (Å²) in [5.74, 6) is 0. The smallest absolute Gasteiger partial charge is 0.672 e. The van der Waals surface area contributed by atoms with Gasteiger partial charge in [-0.3, -0.25) is 6.08 Å². The van der Waals surface area contributed by atoms with Gasteiger partial charge in [0, 0.05) is 8.07 Å². The van der Waals surface area contributed by atoms with Gasteiger partial charge in [0.1, 0.15) is 0 Å². The third-order valence-electron chi connectivity index (χ3n) is 5.19. The molecule has 2 aromatic rings. The molecule has 3 rings (SSSR count). The number of rotatable bonds is 7. The van der Waals surface area contributed by atoms with Gasteiger partial charge in [0.05, 0.1) is 0 Å². The molecular formula is C26H47GdN2Si5. The van der Waals surface area contributed by atoms with E-state index in [0.29, 0.717) is 5.54 Å². The van der Waals surface area contributed by atoms with E-state index >= 15 is 0 Å². The zero-order valence-electron chi connectivity index (χ0n) is 23.1. The molecule has 34 heavy (non-hydrogen) atoms. The fraction of sp³-hybridized carbons (Fsp3) is 0.462.